The molecule has 0 unspecified atom stereocenters. The lowest BCUT2D eigenvalue weighted by Gasteiger charge is -2.31. The predicted octanol–water partition coefficient (Wildman–Crippen LogP) is 4.50. The van der Waals surface area contributed by atoms with Gasteiger partial charge < -0.3 is 5.32 Å². The molecular weight excluding hydrogens is 396 g/mol. The number of rotatable bonds is 4. The summed E-state index contributed by atoms with van der Waals surface area (Å²) >= 11 is 0. The van der Waals surface area contributed by atoms with Gasteiger partial charge in [0.2, 0.25) is 15.9 Å². The lowest BCUT2D eigenvalue weighted by Crippen LogP contribution is -2.43. The Morgan fingerprint density at radius 2 is 1.67 bits per heavy atom. The maximum absolute atomic E-state index is 13.3. The normalized spacial score (nSPS) is 17.7. The number of nitrogens with one attached hydrogen (secondary N) is 1. The summed E-state index contributed by atoms with van der Waals surface area (Å²) in [6.07, 6.45) is 1.35. The summed E-state index contributed by atoms with van der Waals surface area (Å²) in [6.45, 7) is 4.55. The van der Waals surface area contributed by atoms with Crippen LogP contribution in [0.25, 0.3) is 10.8 Å². The second kappa shape index (κ2) is 8.20. The molecular formula is C24H26N2O3S. The number of carbonyl (C=O) groups excluding carboxylic acids is 1. The predicted molar refractivity (Wildman–Crippen MR) is 120 cm³/mol. The summed E-state index contributed by atoms with van der Waals surface area (Å²) in [4.78, 5) is 13.2. The molecule has 4 rings (SSSR count). The van der Waals surface area contributed by atoms with Crippen molar-refractivity contribution in [3.63, 3.8) is 0 Å². The Kier molecular flexibility index (Phi) is 5.62. The fourth-order valence-electron chi connectivity index (χ4n) is 4.09. The smallest absolute Gasteiger partial charge is 0.243 e. The first-order chi connectivity index (χ1) is 14.4. The van der Waals surface area contributed by atoms with Crippen molar-refractivity contribution >= 4 is 32.4 Å². The van der Waals surface area contributed by atoms with Gasteiger partial charge in [0.05, 0.1) is 10.8 Å². The van der Waals surface area contributed by atoms with Crippen LogP contribution < -0.4 is 5.32 Å². The van der Waals surface area contributed by atoms with Crippen LogP contribution in [-0.4, -0.2) is 31.7 Å². The highest BCUT2D eigenvalue weighted by molar-refractivity contribution is 7.89. The minimum Gasteiger partial charge on any atom is -0.325 e. The van der Waals surface area contributed by atoms with Gasteiger partial charge in [0.25, 0.3) is 0 Å². The van der Waals surface area contributed by atoms with Gasteiger partial charge in [-0.1, -0.05) is 48.5 Å². The number of piperidine rings is 1. The second-order valence-corrected chi connectivity index (χ2v) is 9.91. The number of sulfonamides is 1. The van der Waals surface area contributed by atoms with E-state index in [-0.39, 0.29) is 23.3 Å². The van der Waals surface area contributed by atoms with Gasteiger partial charge in [-0.25, -0.2) is 8.42 Å². The Morgan fingerprint density at radius 3 is 2.40 bits per heavy atom. The molecule has 1 saturated heterocycles. The van der Waals surface area contributed by atoms with Gasteiger partial charge in [-0.15, -0.1) is 0 Å². The molecule has 0 aromatic heterocycles. The Bertz CT molecular complexity index is 1180. The van der Waals surface area contributed by atoms with Crippen LogP contribution in [0.2, 0.25) is 0 Å². The number of hydrogen-bond donors (Lipinski definition) is 1. The lowest BCUT2D eigenvalue weighted by molar-refractivity contribution is -0.120. The summed E-state index contributed by atoms with van der Waals surface area (Å²) in [5, 5.41) is 4.91. The molecule has 0 saturated carbocycles. The van der Waals surface area contributed by atoms with Crippen LogP contribution in [0.1, 0.15) is 24.0 Å². The van der Waals surface area contributed by atoms with E-state index < -0.39 is 10.0 Å². The van der Waals surface area contributed by atoms with E-state index in [1.165, 1.54) is 4.31 Å². The lowest BCUT2D eigenvalue weighted by atomic mass is 9.98. The molecule has 1 amide bonds. The number of hydrogen-bond acceptors (Lipinski definition) is 3. The van der Waals surface area contributed by atoms with Crippen molar-refractivity contribution in [3.8, 4) is 0 Å². The van der Waals surface area contributed by atoms with E-state index in [4.69, 9.17) is 0 Å². The zero-order chi connectivity index (χ0) is 21.3. The molecule has 0 aliphatic carbocycles. The molecule has 1 fully saturated rings. The van der Waals surface area contributed by atoms with Gasteiger partial charge in [0, 0.05) is 18.8 Å². The first-order valence-electron chi connectivity index (χ1n) is 10.2. The highest BCUT2D eigenvalue weighted by atomic mass is 32.2. The van der Waals surface area contributed by atoms with Crippen molar-refractivity contribution in [3.05, 3.63) is 71.8 Å². The first-order valence-corrected chi connectivity index (χ1v) is 11.7. The Labute approximate surface area is 177 Å². The molecule has 30 heavy (non-hydrogen) atoms. The molecule has 1 aliphatic rings. The van der Waals surface area contributed by atoms with E-state index in [9.17, 15) is 13.2 Å². The van der Waals surface area contributed by atoms with Gasteiger partial charge in [-0.2, -0.15) is 4.31 Å². The van der Waals surface area contributed by atoms with Crippen molar-refractivity contribution in [2.24, 2.45) is 5.92 Å². The molecule has 3 aromatic rings. The highest BCUT2D eigenvalue weighted by Gasteiger charge is 2.33. The van der Waals surface area contributed by atoms with Gasteiger partial charge in [0.15, 0.2) is 0 Å². The molecule has 0 radical (unpaired) electrons. The first kappa shape index (κ1) is 20.6. The minimum atomic E-state index is -3.66. The average Bonchev–Trinajstić information content (AvgIpc) is 2.76. The number of carbonyl (C=O) groups is 1. The fourth-order valence-corrected chi connectivity index (χ4v) is 5.65. The standard InChI is InChI=1S/C24H26N2O3S/c1-17-7-5-8-18(2)23(17)25-24(27)21-11-6-14-26(16-21)30(28,29)22-13-12-19-9-3-4-10-20(19)15-22/h3-5,7-10,12-13,15,21H,6,11,14,16H2,1-2H3,(H,25,27)/t21-/m0/s1. The average molecular weight is 423 g/mol. The number of anilines is 1. The SMILES string of the molecule is Cc1cccc(C)c1NC(=O)[C@H]1CCCN(S(=O)(=O)c2ccc3ccccc3c2)C1. The van der Waals surface area contributed by atoms with Crippen molar-refractivity contribution < 1.29 is 13.2 Å². The quantitative estimate of drug-likeness (QED) is 0.673. The number of fused-ring (bicyclic) bond motifs is 1. The molecule has 1 aliphatic heterocycles. The largest absolute Gasteiger partial charge is 0.325 e. The molecule has 1 atom stereocenters. The minimum absolute atomic E-state index is 0.120. The van der Waals surface area contributed by atoms with Crippen molar-refractivity contribution in [1.82, 2.24) is 4.31 Å². The molecule has 0 bridgehead atoms. The fraction of sp³-hybridized carbons (Fsp3) is 0.292. The van der Waals surface area contributed by atoms with Crippen LogP contribution in [0.3, 0.4) is 0 Å². The van der Waals surface area contributed by atoms with Gasteiger partial charge in [-0.3, -0.25) is 4.79 Å². The third-order valence-electron chi connectivity index (χ3n) is 5.84. The monoisotopic (exact) mass is 422 g/mol. The van der Waals surface area contributed by atoms with E-state index >= 15 is 0 Å². The van der Waals surface area contributed by atoms with E-state index in [0.717, 1.165) is 27.6 Å². The van der Waals surface area contributed by atoms with Crippen LogP contribution >= 0.6 is 0 Å². The van der Waals surface area contributed by atoms with Gasteiger partial charge in [0.1, 0.15) is 0 Å². The van der Waals surface area contributed by atoms with E-state index in [2.05, 4.69) is 5.32 Å². The third kappa shape index (κ3) is 3.98. The maximum Gasteiger partial charge on any atom is 0.243 e. The highest BCUT2D eigenvalue weighted by Crippen LogP contribution is 2.28. The number of para-hydroxylation sites is 1. The summed E-state index contributed by atoms with van der Waals surface area (Å²) in [5.74, 6) is -0.487. The molecule has 3 aromatic carbocycles. The number of nitrogens with zero attached hydrogens (tertiary/aromatic N) is 1. The van der Waals surface area contributed by atoms with Crippen LogP contribution in [-0.2, 0) is 14.8 Å². The van der Waals surface area contributed by atoms with Gasteiger partial charge >= 0.3 is 0 Å². The van der Waals surface area contributed by atoms with E-state index in [1.54, 1.807) is 12.1 Å². The molecule has 1 N–H and O–H groups in total. The maximum atomic E-state index is 13.3. The second-order valence-electron chi connectivity index (χ2n) is 7.97. The zero-order valence-electron chi connectivity index (χ0n) is 17.3. The molecule has 1 heterocycles. The van der Waals surface area contributed by atoms with Crippen LogP contribution in [0.5, 0.6) is 0 Å². The molecule has 0 spiro atoms. The van der Waals surface area contributed by atoms with Crippen molar-refractivity contribution in [1.29, 1.82) is 0 Å². The van der Waals surface area contributed by atoms with Crippen LogP contribution in [0, 0.1) is 19.8 Å². The summed E-state index contributed by atoms with van der Waals surface area (Å²) < 4.78 is 28.0. The van der Waals surface area contributed by atoms with E-state index in [1.807, 2.05) is 62.4 Å². The Balaban J connectivity index is 1.54. The topological polar surface area (TPSA) is 66.5 Å². The summed E-state index contributed by atoms with van der Waals surface area (Å²) in [5.41, 5.74) is 2.82. The molecule has 5 nitrogen and oxygen atoms in total. The number of benzene rings is 3. The molecule has 156 valence electrons. The van der Waals surface area contributed by atoms with Crippen molar-refractivity contribution in [2.75, 3.05) is 18.4 Å². The Hall–Kier alpha value is -2.70. The van der Waals surface area contributed by atoms with Gasteiger partial charge in [-0.05, 0) is 60.7 Å². The molecule has 6 heteroatoms. The summed E-state index contributed by atoms with van der Waals surface area (Å²) in [6, 6.07) is 18.8. The van der Waals surface area contributed by atoms with E-state index in [0.29, 0.717) is 19.4 Å². The number of aryl methyl sites for hydroxylation is 2. The zero-order valence-corrected chi connectivity index (χ0v) is 18.1. The summed E-state index contributed by atoms with van der Waals surface area (Å²) in [7, 11) is -3.66. The van der Waals surface area contributed by atoms with Crippen molar-refractivity contribution in [2.45, 2.75) is 31.6 Å². The van der Waals surface area contributed by atoms with Crippen LogP contribution in [0.15, 0.2) is 65.6 Å². The number of amides is 1. The third-order valence-corrected chi connectivity index (χ3v) is 7.70. The Morgan fingerprint density at radius 1 is 0.967 bits per heavy atom. The van der Waals surface area contributed by atoms with Crippen LogP contribution in [0.4, 0.5) is 5.69 Å².